The molecule has 0 saturated heterocycles. The summed E-state index contributed by atoms with van der Waals surface area (Å²) in [5, 5.41) is 8.97. The van der Waals surface area contributed by atoms with Gasteiger partial charge in [0.05, 0.1) is 12.3 Å². The van der Waals surface area contributed by atoms with Crippen molar-refractivity contribution < 1.29 is 8.42 Å². The van der Waals surface area contributed by atoms with E-state index in [1.807, 2.05) is 0 Å². The summed E-state index contributed by atoms with van der Waals surface area (Å²) >= 11 is 0. The molecule has 0 aromatic rings. The Morgan fingerprint density at radius 1 is 1.54 bits per heavy atom. The molecule has 13 heavy (non-hydrogen) atoms. The number of nitrogens with zero attached hydrogens (tertiary/aromatic N) is 2. The van der Waals surface area contributed by atoms with E-state index >= 15 is 0 Å². The highest BCUT2D eigenvalue weighted by Gasteiger charge is 2.47. The van der Waals surface area contributed by atoms with E-state index in [4.69, 9.17) is 5.26 Å². The van der Waals surface area contributed by atoms with Crippen LogP contribution in [0.1, 0.15) is 19.8 Å². The van der Waals surface area contributed by atoms with Gasteiger partial charge in [-0.25, -0.2) is 8.42 Å². The largest absolute Gasteiger partial charge is 0.212 e. The zero-order valence-corrected chi connectivity index (χ0v) is 8.93. The fourth-order valence-corrected chi connectivity index (χ4v) is 2.29. The van der Waals surface area contributed by atoms with Gasteiger partial charge in [-0.1, -0.05) is 0 Å². The molecule has 0 unspecified atom stereocenters. The second-order valence-electron chi connectivity index (χ2n) is 3.76. The van der Waals surface area contributed by atoms with Crippen LogP contribution in [0.2, 0.25) is 0 Å². The maximum absolute atomic E-state index is 11.2. The monoisotopic (exact) mass is 202 g/mol. The molecule has 0 bridgehead atoms. The van der Waals surface area contributed by atoms with Gasteiger partial charge in [0.1, 0.15) is 5.54 Å². The zero-order valence-electron chi connectivity index (χ0n) is 8.11. The van der Waals surface area contributed by atoms with Gasteiger partial charge >= 0.3 is 0 Å². The molecule has 1 atom stereocenters. The van der Waals surface area contributed by atoms with Crippen molar-refractivity contribution in [1.82, 2.24) is 4.31 Å². The fraction of sp³-hybridized carbons (Fsp3) is 0.875. The van der Waals surface area contributed by atoms with E-state index < -0.39 is 15.6 Å². The molecule has 0 aliphatic heterocycles. The number of rotatable bonds is 3. The SMILES string of the molecule is CN([C@](C)(C#N)C1CC1)S(C)(=O)=O. The fourth-order valence-electron chi connectivity index (χ4n) is 1.41. The van der Waals surface area contributed by atoms with Crippen molar-refractivity contribution in [2.24, 2.45) is 5.92 Å². The lowest BCUT2D eigenvalue weighted by Gasteiger charge is -2.30. The Kier molecular flexibility index (Phi) is 2.39. The zero-order chi connectivity index (χ0) is 10.3. The molecule has 0 radical (unpaired) electrons. The predicted molar refractivity (Wildman–Crippen MR) is 49.3 cm³/mol. The molecule has 74 valence electrons. The molecule has 0 aromatic carbocycles. The first-order valence-corrected chi connectivity index (χ1v) is 6.02. The van der Waals surface area contributed by atoms with E-state index in [0.717, 1.165) is 19.1 Å². The van der Waals surface area contributed by atoms with Crippen molar-refractivity contribution in [2.75, 3.05) is 13.3 Å². The van der Waals surface area contributed by atoms with E-state index in [-0.39, 0.29) is 5.92 Å². The van der Waals surface area contributed by atoms with Crippen LogP contribution in [0, 0.1) is 17.2 Å². The van der Waals surface area contributed by atoms with Crippen LogP contribution < -0.4 is 0 Å². The van der Waals surface area contributed by atoms with Crippen molar-refractivity contribution >= 4 is 10.0 Å². The van der Waals surface area contributed by atoms with Crippen molar-refractivity contribution in [3.63, 3.8) is 0 Å². The molecule has 4 nitrogen and oxygen atoms in total. The molecular weight excluding hydrogens is 188 g/mol. The Bertz CT molecular complexity index is 340. The summed E-state index contributed by atoms with van der Waals surface area (Å²) in [7, 11) is -1.80. The van der Waals surface area contributed by atoms with Crippen LogP contribution >= 0.6 is 0 Å². The Balaban J connectivity index is 2.97. The van der Waals surface area contributed by atoms with Gasteiger partial charge in [-0.2, -0.15) is 9.57 Å². The highest BCUT2D eigenvalue weighted by atomic mass is 32.2. The second kappa shape index (κ2) is 2.96. The Hall–Kier alpha value is -0.600. The molecule has 0 spiro atoms. The van der Waals surface area contributed by atoms with E-state index in [9.17, 15) is 8.42 Å². The highest BCUT2D eigenvalue weighted by molar-refractivity contribution is 7.88. The summed E-state index contributed by atoms with van der Waals surface area (Å²) in [6.45, 7) is 1.69. The molecule has 1 saturated carbocycles. The molecule has 1 aliphatic rings. The number of hydrogen-bond acceptors (Lipinski definition) is 3. The molecule has 0 aromatic heterocycles. The lowest BCUT2D eigenvalue weighted by Crippen LogP contribution is -2.47. The van der Waals surface area contributed by atoms with E-state index in [1.165, 1.54) is 11.4 Å². The third kappa shape index (κ3) is 1.84. The first-order valence-electron chi connectivity index (χ1n) is 4.17. The van der Waals surface area contributed by atoms with Gasteiger partial charge < -0.3 is 0 Å². The number of hydrogen-bond donors (Lipinski definition) is 0. The van der Waals surface area contributed by atoms with Crippen LogP contribution in [-0.4, -0.2) is 31.6 Å². The highest BCUT2D eigenvalue weighted by Crippen LogP contribution is 2.42. The van der Waals surface area contributed by atoms with Crippen LogP contribution in [0.3, 0.4) is 0 Å². The van der Waals surface area contributed by atoms with Crippen molar-refractivity contribution in [3.05, 3.63) is 0 Å². The molecule has 1 fully saturated rings. The lowest BCUT2D eigenvalue weighted by atomic mass is 9.99. The average Bonchev–Trinajstić information content (AvgIpc) is 2.82. The Labute approximate surface area is 79.2 Å². The maximum atomic E-state index is 11.2. The lowest BCUT2D eigenvalue weighted by molar-refractivity contribution is 0.278. The van der Waals surface area contributed by atoms with Gasteiger partial charge in [0, 0.05) is 7.05 Å². The predicted octanol–water partition coefficient (Wildman–Crippen LogP) is 0.570. The van der Waals surface area contributed by atoms with Gasteiger partial charge in [0.25, 0.3) is 0 Å². The van der Waals surface area contributed by atoms with Gasteiger partial charge in [-0.3, -0.25) is 0 Å². The first-order chi connectivity index (χ1) is 5.82. The van der Waals surface area contributed by atoms with Crippen molar-refractivity contribution in [1.29, 1.82) is 5.26 Å². The summed E-state index contributed by atoms with van der Waals surface area (Å²) in [6.07, 6.45) is 3.03. The summed E-state index contributed by atoms with van der Waals surface area (Å²) in [5.41, 5.74) is -0.854. The number of nitriles is 1. The van der Waals surface area contributed by atoms with Gasteiger partial charge in [0.15, 0.2) is 0 Å². The third-order valence-corrected chi connectivity index (χ3v) is 4.12. The summed E-state index contributed by atoms with van der Waals surface area (Å²) in [4.78, 5) is 0. The van der Waals surface area contributed by atoms with Crippen LogP contribution in [0.5, 0.6) is 0 Å². The van der Waals surface area contributed by atoms with Crippen LogP contribution in [0.25, 0.3) is 0 Å². The molecule has 1 aliphatic carbocycles. The summed E-state index contributed by atoms with van der Waals surface area (Å²) in [6, 6.07) is 2.09. The van der Waals surface area contributed by atoms with Gasteiger partial charge in [-0.15, -0.1) is 0 Å². The second-order valence-corrected chi connectivity index (χ2v) is 5.78. The molecule has 0 amide bonds. The molecule has 5 heteroatoms. The van der Waals surface area contributed by atoms with Crippen LogP contribution in [0.15, 0.2) is 0 Å². The third-order valence-electron chi connectivity index (χ3n) is 2.75. The minimum atomic E-state index is -3.27. The maximum Gasteiger partial charge on any atom is 0.212 e. The van der Waals surface area contributed by atoms with E-state index in [2.05, 4.69) is 6.07 Å². The molecule has 1 rings (SSSR count). The quantitative estimate of drug-likeness (QED) is 0.672. The summed E-state index contributed by atoms with van der Waals surface area (Å²) in [5.74, 6) is 0.206. The van der Waals surface area contributed by atoms with Crippen LogP contribution in [0.4, 0.5) is 0 Å². The first kappa shape index (κ1) is 10.5. The number of sulfonamides is 1. The minimum absolute atomic E-state index is 0.206. The van der Waals surface area contributed by atoms with Crippen molar-refractivity contribution in [3.8, 4) is 6.07 Å². The normalized spacial score (nSPS) is 22.4. The summed E-state index contributed by atoms with van der Waals surface area (Å²) < 4.78 is 23.7. The van der Waals surface area contributed by atoms with Crippen molar-refractivity contribution in [2.45, 2.75) is 25.3 Å². The standard InChI is InChI=1S/C8H14N2O2S/c1-8(6-9,7-4-5-7)10(2)13(3,11)12/h7H,4-5H2,1-3H3/t8-/m1/s1. The van der Waals surface area contributed by atoms with E-state index in [1.54, 1.807) is 6.92 Å². The van der Waals surface area contributed by atoms with E-state index in [0.29, 0.717) is 0 Å². The average molecular weight is 202 g/mol. The Morgan fingerprint density at radius 2 is 2.00 bits per heavy atom. The Morgan fingerprint density at radius 3 is 2.23 bits per heavy atom. The van der Waals surface area contributed by atoms with Crippen LogP contribution in [-0.2, 0) is 10.0 Å². The van der Waals surface area contributed by atoms with Gasteiger partial charge in [-0.05, 0) is 25.7 Å². The smallest absolute Gasteiger partial charge is 0.212 e. The minimum Gasteiger partial charge on any atom is -0.212 e. The topological polar surface area (TPSA) is 61.2 Å². The molecule has 0 heterocycles. The molecule has 0 N–H and O–H groups in total. The molecular formula is C8H14N2O2S. The van der Waals surface area contributed by atoms with Gasteiger partial charge in [0.2, 0.25) is 10.0 Å².